The number of sulfonamides is 1. The predicted molar refractivity (Wildman–Crippen MR) is 92.8 cm³/mol. The minimum atomic E-state index is -3.59. The molecule has 1 fully saturated rings. The number of amides is 1. The Hall–Kier alpha value is -0.920. The summed E-state index contributed by atoms with van der Waals surface area (Å²) in [6.07, 6.45) is 3.27. The lowest BCUT2D eigenvalue weighted by molar-refractivity contribution is -0.121. The molecular weight excluding hydrogens is 332 g/mol. The first-order chi connectivity index (χ1) is 10.8. The van der Waals surface area contributed by atoms with E-state index in [0.717, 1.165) is 24.2 Å². The third-order valence-electron chi connectivity index (χ3n) is 4.55. The van der Waals surface area contributed by atoms with Gasteiger partial charge in [0, 0.05) is 6.04 Å². The number of rotatable bonds is 6. The van der Waals surface area contributed by atoms with Gasteiger partial charge in [-0.1, -0.05) is 33.3 Å². The lowest BCUT2D eigenvalue weighted by Crippen LogP contribution is -2.48. The van der Waals surface area contributed by atoms with Gasteiger partial charge in [0.05, 0.1) is 6.54 Å². The SMILES string of the molecule is CC1CCC(C(C)C)C(NC(=O)CNS(=O)(=O)c2cccs2)C1. The maximum atomic E-state index is 12.2. The zero-order valence-corrected chi connectivity index (χ0v) is 15.5. The Balaban J connectivity index is 1.90. The van der Waals surface area contributed by atoms with Crippen molar-refractivity contribution in [1.29, 1.82) is 0 Å². The summed E-state index contributed by atoms with van der Waals surface area (Å²) in [6, 6.07) is 3.34. The Morgan fingerprint density at radius 1 is 1.39 bits per heavy atom. The summed E-state index contributed by atoms with van der Waals surface area (Å²) >= 11 is 1.14. The van der Waals surface area contributed by atoms with Crippen LogP contribution in [0.3, 0.4) is 0 Å². The first kappa shape index (κ1) is 18.4. The number of thiophene rings is 1. The molecule has 1 aliphatic rings. The largest absolute Gasteiger partial charge is 0.352 e. The van der Waals surface area contributed by atoms with Gasteiger partial charge in [-0.2, -0.15) is 0 Å². The van der Waals surface area contributed by atoms with E-state index in [2.05, 4.69) is 30.8 Å². The monoisotopic (exact) mass is 358 g/mol. The van der Waals surface area contributed by atoms with Crippen LogP contribution in [0.1, 0.15) is 40.0 Å². The second-order valence-corrected chi connectivity index (χ2v) is 9.70. The Morgan fingerprint density at radius 3 is 2.74 bits per heavy atom. The van der Waals surface area contributed by atoms with Gasteiger partial charge in [-0.05, 0) is 42.0 Å². The molecule has 23 heavy (non-hydrogen) atoms. The van der Waals surface area contributed by atoms with Crippen LogP contribution in [0.25, 0.3) is 0 Å². The minimum Gasteiger partial charge on any atom is -0.352 e. The van der Waals surface area contributed by atoms with Gasteiger partial charge in [0.1, 0.15) is 4.21 Å². The summed E-state index contributed by atoms with van der Waals surface area (Å²) in [4.78, 5) is 12.2. The van der Waals surface area contributed by atoms with Crippen LogP contribution in [0, 0.1) is 17.8 Å². The molecule has 1 aromatic rings. The summed E-state index contributed by atoms with van der Waals surface area (Å²) in [5.41, 5.74) is 0. The van der Waals surface area contributed by atoms with Crippen molar-refractivity contribution in [2.75, 3.05) is 6.54 Å². The number of nitrogens with one attached hydrogen (secondary N) is 2. The van der Waals surface area contributed by atoms with Crippen LogP contribution in [0.4, 0.5) is 0 Å². The van der Waals surface area contributed by atoms with Crippen LogP contribution in [0.15, 0.2) is 21.7 Å². The molecule has 1 aromatic heterocycles. The van der Waals surface area contributed by atoms with Crippen molar-refractivity contribution in [2.45, 2.75) is 50.3 Å². The fourth-order valence-corrected chi connectivity index (χ4v) is 5.29. The van der Waals surface area contributed by atoms with E-state index in [9.17, 15) is 13.2 Å². The summed E-state index contributed by atoms with van der Waals surface area (Å²) < 4.78 is 26.7. The highest BCUT2D eigenvalue weighted by atomic mass is 32.2. The molecular formula is C16H26N2O3S2. The molecule has 0 aliphatic heterocycles. The summed E-state index contributed by atoms with van der Waals surface area (Å²) in [5, 5.41) is 4.74. The van der Waals surface area contributed by atoms with E-state index < -0.39 is 10.0 Å². The van der Waals surface area contributed by atoms with Gasteiger partial charge >= 0.3 is 0 Å². The molecule has 0 radical (unpaired) electrons. The topological polar surface area (TPSA) is 75.3 Å². The molecule has 130 valence electrons. The smallest absolute Gasteiger partial charge is 0.250 e. The Bertz CT molecular complexity index is 611. The number of hydrogen-bond donors (Lipinski definition) is 2. The Labute approximate surface area is 142 Å². The lowest BCUT2D eigenvalue weighted by Gasteiger charge is -2.37. The summed E-state index contributed by atoms with van der Waals surface area (Å²) in [5.74, 6) is 1.31. The van der Waals surface area contributed by atoms with Crippen molar-refractivity contribution in [3.05, 3.63) is 17.5 Å². The molecule has 7 heteroatoms. The fraction of sp³-hybridized carbons (Fsp3) is 0.688. The summed E-state index contributed by atoms with van der Waals surface area (Å²) in [7, 11) is -3.59. The van der Waals surface area contributed by atoms with Gasteiger partial charge in [-0.3, -0.25) is 4.79 Å². The third kappa shape index (κ3) is 5.02. The first-order valence-electron chi connectivity index (χ1n) is 8.12. The Morgan fingerprint density at radius 2 is 2.13 bits per heavy atom. The summed E-state index contributed by atoms with van der Waals surface area (Å²) in [6.45, 7) is 6.35. The van der Waals surface area contributed by atoms with Crippen LogP contribution in [-0.2, 0) is 14.8 Å². The highest BCUT2D eigenvalue weighted by Crippen LogP contribution is 2.33. The van der Waals surface area contributed by atoms with E-state index in [0.29, 0.717) is 17.8 Å². The molecule has 0 saturated heterocycles. The molecule has 0 spiro atoms. The van der Waals surface area contributed by atoms with Crippen molar-refractivity contribution in [3.8, 4) is 0 Å². The molecule has 1 heterocycles. The van der Waals surface area contributed by atoms with E-state index >= 15 is 0 Å². The molecule has 5 nitrogen and oxygen atoms in total. The molecule has 2 rings (SSSR count). The minimum absolute atomic E-state index is 0.137. The molecule has 3 atom stereocenters. The van der Waals surface area contributed by atoms with Crippen LogP contribution < -0.4 is 10.0 Å². The van der Waals surface area contributed by atoms with Crippen molar-refractivity contribution in [3.63, 3.8) is 0 Å². The highest BCUT2D eigenvalue weighted by molar-refractivity contribution is 7.91. The van der Waals surface area contributed by atoms with Gasteiger partial charge in [-0.15, -0.1) is 11.3 Å². The quantitative estimate of drug-likeness (QED) is 0.821. The molecule has 1 amide bonds. The van der Waals surface area contributed by atoms with Crippen LogP contribution >= 0.6 is 11.3 Å². The zero-order valence-electron chi connectivity index (χ0n) is 13.9. The second kappa shape index (κ2) is 7.77. The highest BCUT2D eigenvalue weighted by Gasteiger charge is 2.31. The van der Waals surface area contributed by atoms with Gasteiger partial charge in [0.2, 0.25) is 5.91 Å². The molecule has 0 bridgehead atoms. The number of hydrogen-bond acceptors (Lipinski definition) is 4. The van der Waals surface area contributed by atoms with E-state index in [1.165, 1.54) is 12.5 Å². The standard InChI is InChI=1S/C16H26N2O3S2/c1-11(2)13-7-6-12(3)9-14(13)18-15(19)10-17-23(20,21)16-5-4-8-22-16/h4-5,8,11-14,17H,6-7,9-10H2,1-3H3,(H,18,19). The first-order valence-corrected chi connectivity index (χ1v) is 10.5. The van der Waals surface area contributed by atoms with Gasteiger partial charge < -0.3 is 5.32 Å². The normalized spacial score (nSPS) is 25.5. The van der Waals surface area contributed by atoms with Crippen molar-refractivity contribution >= 4 is 27.3 Å². The lowest BCUT2D eigenvalue weighted by atomic mass is 9.74. The van der Waals surface area contributed by atoms with E-state index in [1.54, 1.807) is 11.4 Å². The maximum Gasteiger partial charge on any atom is 0.250 e. The van der Waals surface area contributed by atoms with E-state index in [-0.39, 0.29) is 22.7 Å². The third-order valence-corrected chi connectivity index (χ3v) is 7.35. The van der Waals surface area contributed by atoms with Crippen LogP contribution in [0.5, 0.6) is 0 Å². The number of carbonyl (C=O) groups excluding carboxylic acids is 1. The average Bonchev–Trinajstić information content (AvgIpc) is 3.00. The molecule has 1 saturated carbocycles. The van der Waals surface area contributed by atoms with Crippen LogP contribution in [-0.4, -0.2) is 26.9 Å². The Kier molecular flexibility index (Phi) is 6.22. The second-order valence-electron chi connectivity index (χ2n) is 6.76. The molecule has 0 aromatic carbocycles. The molecule has 3 unspecified atom stereocenters. The fourth-order valence-electron chi connectivity index (χ4n) is 3.27. The molecule has 2 N–H and O–H groups in total. The van der Waals surface area contributed by atoms with Gasteiger partial charge in [0.25, 0.3) is 10.0 Å². The maximum absolute atomic E-state index is 12.2. The average molecular weight is 359 g/mol. The van der Waals surface area contributed by atoms with Gasteiger partial charge in [0.15, 0.2) is 0 Å². The van der Waals surface area contributed by atoms with Crippen molar-refractivity contribution < 1.29 is 13.2 Å². The molecule has 1 aliphatic carbocycles. The number of carbonyl (C=O) groups is 1. The van der Waals surface area contributed by atoms with Crippen molar-refractivity contribution in [1.82, 2.24) is 10.0 Å². The predicted octanol–water partition coefficient (Wildman–Crippen LogP) is 2.60. The van der Waals surface area contributed by atoms with E-state index in [1.807, 2.05) is 0 Å². The zero-order chi connectivity index (χ0) is 17.0. The van der Waals surface area contributed by atoms with Gasteiger partial charge in [-0.25, -0.2) is 13.1 Å². The van der Waals surface area contributed by atoms with E-state index in [4.69, 9.17) is 0 Å². The van der Waals surface area contributed by atoms with Crippen LogP contribution in [0.2, 0.25) is 0 Å². The van der Waals surface area contributed by atoms with Crippen molar-refractivity contribution in [2.24, 2.45) is 17.8 Å².